The van der Waals surface area contributed by atoms with Crippen LogP contribution in [0.3, 0.4) is 0 Å². The topological polar surface area (TPSA) is 33.2 Å². The van der Waals surface area contributed by atoms with Crippen LogP contribution in [0, 0.1) is 0 Å². The summed E-state index contributed by atoms with van der Waals surface area (Å²) >= 11 is 2.01. The molecule has 0 aromatic carbocycles. The molecule has 0 spiro atoms. The van der Waals surface area contributed by atoms with E-state index in [0.29, 0.717) is 17.7 Å². The minimum absolute atomic E-state index is 0.265. The number of carbonyl (C=O) groups is 1. The Morgan fingerprint density at radius 3 is 3.19 bits per heavy atom. The first-order valence-corrected chi connectivity index (χ1v) is 6.68. The molecule has 1 aromatic rings. The molecule has 2 aliphatic rings. The van der Waals surface area contributed by atoms with Crippen molar-refractivity contribution in [2.24, 2.45) is 0 Å². The van der Waals surface area contributed by atoms with E-state index in [-0.39, 0.29) is 5.91 Å². The molecule has 2 aliphatic heterocycles. The number of amides is 1. The molecule has 3 nitrogen and oxygen atoms in total. The second-order valence-electron chi connectivity index (χ2n) is 4.43. The number of nitrogens with zero attached hydrogens (tertiary/aromatic N) is 2. The molecule has 0 N–H and O–H groups in total. The zero-order valence-electron chi connectivity index (χ0n) is 9.00. The van der Waals surface area contributed by atoms with E-state index in [4.69, 9.17) is 0 Å². The van der Waals surface area contributed by atoms with E-state index >= 15 is 0 Å². The van der Waals surface area contributed by atoms with Crippen molar-refractivity contribution in [2.75, 3.05) is 12.3 Å². The van der Waals surface area contributed by atoms with Crippen molar-refractivity contribution in [3.8, 4) is 0 Å². The van der Waals surface area contributed by atoms with Crippen LogP contribution in [0.5, 0.6) is 0 Å². The summed E-state index contributed by atoms with van der Waals surface area (Å²) in [6.45, 7) is 0.953. The lowest BCUT2D eigenvalue weighted by atomic mass is 10.2. The van der Waals surface area contributed by atoms with E-state index in [1.165, 1.54) is 6.42 Å². The summed E-state index contributed by atoms with van der Waals surface area (Å²) in [5.41, 5.74) is 1.02. The fourth-order valence-corrected chi connectivity index (χ4v) is 3.92. The van der Waals surface area contributed by atoms with Crippen molar-refractivity contribution in [1.82, 2.24) is 9.88 Å². The first-order chi connectivity index (χ1) is 7.83. The zero-order valence-corrected chi connectivity index (χ0v) is 9.82. The van der Waals surface area contributed by atoms with Gasteiger partial charge in [-0.25, -0.2) is 0 Å². The van der Waals surface area contributed by atoms with E-state index in [0.717, 1.165) is 17.9 Å². The maximum absolute atomic E-state index is 12.1. The van der Waals surface area contributed by atoms with E-state index < -0.39 is 0 Å². The maximum Gasteiger partial charge on any atom is 0.227 e. The van der Waals surface area contributed by atoms with Crippen molar-refractivity contribution >= 4 is 17.7 Å². The number of hydrogen-bond acceptors (Lipinski definition) is 3. The van der Waals surface area contributed by atoms with Crippen molar-refractivity contribution in [3.05, 3.63) is 30.1 Å². The molecule has 0 saturated carbocycles. The highest BCUT2D eigenvalue weighted by Gasteiger charge is 2.40. The number of thioether (sulfide) groups is 1. The number of likely N-dealkylation sites (tertiary alicyclic amines) is 1. The summed E-state index contributed by atoms with van der Waals surface area (Å²) in [5, 5.41) is 0.697. The quantitative estimate of drug-likeness (QED) is 0.774. The minimum Gasteiger partial charge on any atom is -0.337 e. The Hall–Kier alpha value is -1.03. The maximum atomic E-state index is 12.1. The standard InChI is InChI=1S/C12H14N2OS/c15-12(4-9-2-1-3-13-6-9)14-7-11-5-10(14)8-16-11/h1-3,6,10-11H,4-5,7-8H2. The van der Waals surface area contributed by atoms with Gasteiger partial charge in [-0.2, -0.15) is 11.8 Å². The fraction of sp³-hybridized carbons (Fsp3) is 0.500. The third-order valence-electron chi connectivity index (χ3n) is 3.30. The summed E-state index contributed by atoms with van der Waals surface area (Å²) in [4.78, 5) is 18.2. The van der Waals surface area contributed by atoms with Gasteiger partial charge in [0.1, 0.15) is 0 Å². The van der Waals surface area contributed by atoms with Crippen LogP contribution in [0.1, 0.15) is 12.0 Å². The molecule has 2 saturated heterocycles. The third-order valence-corrected chi connectivity index (χ3v) is 4.69. The van der Waals surface area contributed by atoms with Crippen LogP contribution in [-0.4, -0.2) is 39.4 Å². The van der Waals surface area contributed by atoms with Gasteiger partial charge in [-0.15, -0.1) is 0 Å². The molecule has 2 fully saturated rings. The molecule has 2 atom stereocenters. The summed E-state index contributed by atoms with van der Waals surface area (Å²) in [6.07, 6.45) is 5.22. The Morgan fingerprint density at radius 2 is 2.56 bits per heavy atom. The molecular formula is C12H14N2OS. The van der Waals surface area contributed by atoms with Gasteiger partial charge in [-0.1, -0.05) is 6.07 Å². The van der Waals surface area contributed by atoms with Gasteiger partial charge in [0.05, 0.1) is 6.42 Å². The smallest absolute Gasteiger partial charge is 0.227 e. The Labute approximate surface area is 99.2 Å². The predicted octanol–water partition coefficient (Wildman–Crippen LogP) is 1.34. The van der Waals surface area contributed by atoms with Gasteiger partial charge in [0, 0.05) is 36.0 Å². The van der Waals surface area contributed by atoms with Crippen molar-refractivity contribution in [3.63, 3.8) is 0 Å². The molecule has 3 heterocycles. The molecule has 1 amide bonds. The Morgan fingerprint density at radius 1 is 1.62 bits per heavy atom. The van der Waals surface area contributed by atoms with Gasteiger partial charge < -0.3 is 4.90 Å². The van der Waals surface area contributed by atoms with Crippen molar-refractivity contribution in [2.45, 2.75) is 24.1 Å². The highest BCUT2D eigenvalue weighted by molar-refractivity contribution is 8.00. The molecule has 2 unspecified atom stereocenters. The van der Waals surface area contributed by atoms with Gasteiger partial charge >= 0.3 is 0 Å². The monoisotopic (exact) mass is 234 g/mol. The van der Waals surface area contributed by atoms with Crippen molar-refractivity contribution < 1.29 is 4.79 Å². The van der Waals surface area contributed by atoms with Crippen LogP contribution in [0.2, 0.25) is 0 Å². The number of aromatic nitrogens is 1. The normalized spacial score (nSPS) is 27.4. The first kappa shape index (κ1) is 10.1. The van der Waals surface area contributed by atoms with Crippen LogP contribution < -0.4 is 0 Å². The minimum atomic E-state index is 0.265. The summed E-state index contributed by atoms with van der Waals surface area (Å²) in [5.74, 6) is 1.39. The van der Waals surface area contributed by atoms with Gasteiger partial charge in [0.15, 0.2) is 0 Å². The molecule has 4 heteroatoms. The van der Waals surface area contributed by atoms with Gasteiger partial charge in [0.25, 0.3) is 0 Å². The molecule has 84 valence electrons. The highest BCUT2D eigenvalue weighted by Crippen LogP contribution is 2.37. The average Bonchev–Trinajstić information content (AvgIpc) is 2.92. The molecule has 2 bridgehead atoms. The second-order valence-corrected chi connectivity index (χ2v) is 5.76. The van der Waals surface area contributed by atoms with Crippen molar-refractivity contribution in [1.29, 1.82) is 0 Å². The third kappa shape index (κ3) is 1.82. The first-order valence-electron chi connectivity index (χ1n) is 5.63. The lowest BCUT2D eigenvalue weighted by molar-refractivity contribution is -0.130. The predicted molar refractivity (Wildman–Crippen MR) is 64.3 cm³/mol. The van der Waals surface area contributed by atoms with Crippen LogP contribution in [0.4, 0.5) is 0 Å². The highest BCUT2D eigenvalue weighted by atomic mass is 32.2. The van der Waals surface area contributed by atoms with Crippen LogP contribution in [0.15, 0.2) is 24.5 Å². The lowest BCUT2D eigenvalue weighted by Gasteiger charge is -2.26. The summed E-state index contributed by atoms with van der Waals surface area (Å²) in [7, 11) is 0. The van der Waals surface area contributed by atoms with Crippen LogP contribution >= 0.6 is 11.8 Å². The lowest BCUT2D eigenvalue weighted by Crippen LogP contribution is -2.40. The second kappa shape index (κ2) is 4.09. The average molecular weight is 234 g/mol. The molecule has 0 aliphatic carbocycles. The Kier molecular flexibility index (Phi) is 2.59. The van der Waals surface area contributed by atoms with Crippen LogP contribution in [0.25, 0.3) is 0 Å². The molecule has 3 rings (SSSR count). The Balaban J connectivity index is 1.66. The largest absolute Gasteiger partial charge is 0.337 e. The molecule has 16 heavy (non-hydrogen) atoms. The van der Waals surface area contributed by atoms with Gasteiger partial charge in [-0.05, 0) is 18.1 Å². The van der Waals surface area contributed by atoms with E-state index in [1.54, 1.807) is 12.4 Å². The summed E-state index contributed by atoms with van der Waals surface area (Å²) in [6, 6.07) is 4.35. The fourth-order valence-electron chi connectivity index (χ4n) is 2.48. The van der Waals surface area contributed by atoms with Crippen LogP contribution in [-0.2, 0) is 11.2 Å². The number of hydrogen-bond donors (Lipinski definition) is 0. The van der Waals surface area contributed by atoms with Gasteiger partial charge in [0.2, 0.25) is 5.91 Å². The molecular weight excluding hydrogens is 220 g/mol. The number of fused-ring (bicyclic) bond motifs is 2. The number of rotatable bonds is 2. The van der Waals surface area contributed by atoms with E-state index in [9.17, 15) is 4.79 Å². The van der Waals surface area contributed by atoms with E-state index in [2.05, 4.69) is 9.88 Å². The Bertz CT molecular complexity index is 395. The molecule has 1 aromatic heterocycles. The van der Waals surface area contributed by atoms with Gasteiger partial charge in [-0.3, -0.25) is 9.78 Å². The zero-order chi connectivity index (χ0) is 11.0. The number of pyridine rings is 1. The SMILES string of the molecule is O=C(Cc1cccnc1)N1CC2CC1CS2. The molecule has 0 radical (unpaired) electrons. The number of carbonyl (C=O) groups excluding carboxylic acids is 1. The summed E-state index contributed by atoms with van der Waals surface area (Å²) < 4.78 is 0. The van der Waals surface area contributed by atoms with E-state index in [1.807, 2.05) is 23.9 Å².